The zero-order valence-electron chi connectivity index (χ0n) is 10.6. The molecule has 0 spiro atoms. The normalized spacial score (nSPS) is 18.4. The lowest BCUT2D eigenvalue weighted by atomic mass is 10.3. The van der Waals surface area contributed by atoms with Gasteiger partial charge in [0, 0.05) is 18.8 Å². The number of carbonyl (C=O) groups is 1. The summed E-state index contributed by atoms with van der Waals surface area (Å²) in [6.45, 7) is 6.72. The Bertz CT molecular complexity index is 519. The van der Waals surface area contributed by atoms with E-state index in [2.05, 4.69) is 5.10 Å². The molecule has 18 heavy (non-hydrogen) atoms. The number of thiocarbonyl (C=S) groups is 1. The Morgan fingerprint density at radius 3 is 2.83 bits per heavy atom. The summed E-state index contributed by atoms with van der Waals surface area (Å²) in [6, 6.07) is 1.99. The van der Waals surface area contributed by atoms with Crippen molar-refractivity contribution in [3.63, 3.8) is 0 Å². The Morgan fingerprint density at radius 2 is 2.28 bits per heavy atom. The van der Waals surface area contributed by atoms with E-state index in [9.17, 15) is 4.79 Å². The van der Waals surface area contributed by atoms with Crippen LogP contribution < -0.4 is 0 Å². The fraction of sp³-hybridized carbons (Fsp3) is 0.417. The molecular formula is C12H15N3OS2. The van der Waals surface area contributed by atoms with Crippen molar-refractivity contribution >= 4 is 40.3 Å². The Kier molecular flexibility index (Phi) is 3.87. The maximum absolute atomic E-state index is 12.2. The maximum Gasteiger partial charge on any atom is 0.266 e. The standard InChI is InChI=1S/C12H15N3OS2/c1-4-14-9(5-6-13-14)7-10-11(16)15(8(2)3)12(17)18-10/h5-8H,4H2,1-3H3. The van der Waals surface area contributed by atoms with Crippen molar-refractivity contribution in [3.05, 3.63) is 22.9 Å². The molecule has 4 nitrogen and oxygen atoms in total. The van der Waals surface area contributed by atoms with Crippen LogP contribution in [0, 0.1) is 0 Å². The molecule has 0 radical (unpaired) electrons. The van der Waals surface area contributed by atoms with Crippen LogP contribution >= 0.6 is 24.0 Å². The molecule has 1 aliphatic heterocycles. The number of hydrogen-bond donors (Lipinski definition) is 0. The molecule has 96 valence electrons. The molecule has 6 heteroatoms. The van der Waals surface area contributed by atoms with E-state index in [1.54, 1.807) is 11.1 Å². The molecule has 1 saturated heterocycles. The van der Waals surface area contributed by atoms with E-state index in [0.717, 1.165) is 12.2 Å². The molecule has 0 atom stereocenters. The first-order chi connectivity index (χ1) is 8.54. The van der Waals surface area contributed by atoms with Gasteiger partial charge >= 0.3 is 0 Å². The van der Waals surface area contributed by atoms with Crippen LogP contribution in [0.3, 0.4) is 0 Å². The first-order valence-corrected chi connectivity index (χ1v) is 7.06. The van der Waals surface area contributed by atoms with E-state index in [4.69, 9.17) is 12.2 Å². The fourth-order valence-corrected chi connectivity index (χ4v) is 3.30. The van der Waals surface area contributed by atoms with Crippen LogP contribution in [-0.4, -0.2) is 30.9 Å². The molecule has 2 heterocycles. The summed E-state index contributed by atoms with van der Waals surface area (Å²) in [7, 11) is 0. The number of amides is 1. The highest BCUT2D eigenvalue weighted by molar-refractivity contribution is 8.26. The average Bonchev–Trinajstić information content (AvgIpc) is 2.84. The number of hydrogen-bond acceptors (Lipinski definition) is 4. The number of rotatable bonds is 3. The second-order valence-electron chi connectivity index (χ2n) is 4.22. The third-order valence-electron chi connectivity index (χ3n) is 2.67. The third kappa shape index (κ3) is 2.35. The molecule has 1 fully saturated rings. The summed E-state index contributed by atoms with van der Waals surface area (Å²) < 4.78 is 2.48. The Balaban J connectivity index is 2.31. The maximum atomic E-state index is 12.2. The predicted molar refractivity (Wildman–Crippen MR) is 78.0 cm³/mol. The topological polar surface area (TPSA) is 38.1 Å². The second kappa shape index (κ2) is 5.24. The summed E-state index contributed by atoms with van der Waals surface area (Å²) in [4.78, 5) is 14.5. The lowest BCUT2D eigenvalue weighted by Gasteiger charge is -2.18. The van der Waals surface area contributed by atoms with E-state index >= 15 is 0 Å². The molecule has 0 unspecified atom stereocenters. The van der Waals surface area contributed by atoms with Gasteiger partial charge in [-0.2, -0.15) is 5.10 Å². The Hall–Kier alpha value is -1.14. The molecule has 2 rings (SSSR count). The van der Waals surface area contributed by atoms with Crippen molar-refractivity contribution < 1.29 is 4.79 Å². The molecule has 1 amide bonds. The molecule has 0 saturated carbocycles. The van der Waals surface area contributed by atoms with Gasteiger partial charge in [-0.3, -0.25) is 14.4 Å². The summed E-state index contributed by atoms with van der Waals surface area (Å²) in [6.07, 6.45) is 3.59. The highest BCUT2D eigenvalue weighted by Gasteiger charge is 2.33. The van der Waals surface area contributed by atoms with Gasteiger partial charge in [-0.1, -0.05) is 24.0 Å². The first kappa shape index (κ1) is 13.3. The van der Waals surface area contributed by atoms with Crippen LogP contribution in [0.25, 0.3) is 6.08 Å². The van der Waals surface area contributed by atoms with Crippen molar-refractivity contribution in [1.29, 1.82) is 0 Å². The summed E-state index contributed by atoms with van der Waals surface area (Å²) in [5, 5.41) is 4.18. The van der Waals surface area contributed by atoms with Crippen molar-refractivity contribution in [3.8, 4) is 0 Å². The van der Waals surface area contributed by atoms with E-state index in [1.165, 1.54) is 11.8 Å². The van der Waals surface area contributed by atoms with Crippen LogP contribution in [-0.2, 0) is 11.3 Å². The second-order valence-corrected chi connectivity index (χ2v) is 5.89. The summed E-state index contributed by atoms with van der Waals surface area (Å²) >= 11 is 6.59. The van der Waals surface area contributed by atoms with Gasteiger partial charge in [0.25, 0.3) is 5.91 Å². The van der Waals surface area contributed by atoms with Crippen molar-refractivity contribution in [2.75, 3.05) is 0 Å². The van der Waals surface area contributed by atoms with Crippen LogP contribution in [0.1, 0.15) is 26.5 Å². The van der Waals surface area contributed by atoms with Gasteiger partial charge in [0.2, 0.25) is 0 Å². The SMILES string of the molecule is CCn1nccc1C=C1SC(=S)N(C(C)C)C1=O. The van der Waals surface area contributed by atoms with Crippen LogP contribution in [0.5, 0.6) is 0 Å². The van der Waals surface area contributed by atoms with E-state index in [-0.39, 0.29) is 11.9 Å². The number of carbonyl (C=O) groups excluding carboxylic acids is 1. The Labute approximate surface area is 116 Å². The van der Waals surface area contributed by atoms with Crippen LogP contribution in [0.2, 0.25) is 0 Å². The van der Waals surface area contributed by atoms with Crippen molar-refractivity contribution in [2.24, 2.45) is 0 Å². The molecule has 1 aromatic rings. The first-order valence-electron chi connectivity index (χ1n) is 5.83. The molecule has 0 N–H and O–H groups in total. The van der Waals surface area contributed by atoms with E-state index in [1.807, 2.05) is 37.6 Å². The van der Waals surface area contributed by atoms with Gasteiger partial charge in [0.15, 0.2) is 0 Å². The van der Waals surface area contributed by atoms with Crippen LogP contribution in [0.4, 0.5) is 0 Å². The molecular weight excluding hydrogens is 266 g/mol. The van der Waals surface area contributed by atoms with E-state index in [0.29, 0.717) is 9.23 Å². The zero-order chi connectivity index (χ0) is 13.3. The Morgan fingerprint density at radius 1 is 1.56 bits per heavy atom. The van der Waals surface area contributed by atoms with Gasteiger partial charge in [0.1, 0.15) is 4.32 Å². The van der Waals surface area contributed by atoms with Gasteiger partial charge in [-0.25, -0.2) is 0 Å². The minimum Gasteiger partial charge on any atom is -0.290 e. The number of thioether (sulfide) groups is 1. The molecule has 1 aromatic heterocycles. The molecule has 0 bridgehead atoms. The minimum absolute atomic E-state index is 0.0103. The average molecular weight is 281 g/mol. The minimum atomic E-state index is -0.0103. The van der Waals surface area contributed by atoms with Crippen molar-refractivity contribution in [1.82, 2.24) is 14.7 Å². The molecule has 0 aliphatic carbocycles. The van der Waals surface area contributed by atoms with Gasteiger partial charge < -0.3 is 0 Å². The lowest BCUT2D eigenvalue weighted by molar-refractivity contribution is -0.123. The number of aryl methyl sites for hydroxylation is 1. The predicted octanol–water partition coefficient (Wildman–Crippen LogP) is 2.51. The summed E-state index contributed by atoms with van der Waals surface area (Å²) in [5.74, 6) is -0.0103. The summed E-state index contributed by atoms with van der Waals surface area (Å²) in [5.41, 5.74) is 0.932. The molecule has 0 aromatic carbocycles. The highest BCUT2D eigenvalue weighted by Crippen LogP contribution is 2.33. The van der Waals surface area contributed by atoms with Crippen molar-refractivity contribution in [2.45, 2.75) is 33.4 Å². The quantitative estimate of drug-likeness (QED) is 0.630. The fourth-order valence-electron chi connectivity index (χ4n) is 1.79. The number of aromatic nitrogens is 2. The van der Waals surface area contributed by atoms with Gasteiger partial charge in [0.05, 0.1) is 10.6 Å². The monoisotopic (exact) mass is 281 g/mol. The third-order valence-corrected chi connectivity index (χ3v) is 4.00. The molecule has 1 aliphatic rings. The van der Waals surface area contributed by atoms with E-state index < -0.39 is 0 Å². The number of nitrogens with zero attached hydrogens (tertiary/aromatic N) is 3. The largest absolute Gasteiger partial charge is 0.290 e. The van der Waals surface area contributed by atoms with Gasteiger partial charge in [-0.05, 0) is 32.9 Å². The highest BCUT2D eigenvalue weighted by atomic mass is 32.2. The lowest BCUT2D eigenvalue weighted by Crippen LogP contribution is -2.34. The zero-order valence-corrected chi connectivity index (χ0v) is 12.2. The smallest absolute Gasteiger partial charge is 0.266 e. The van der Waals surface area contributed by atoms with Crippen LogP contribution in [0.15, 0.2) is 17.2 Å². The van der Waals surface area contributed by atoms with Gasteiger partial charge in [-0.15, -0.1) is 0 Å².